The highest BCUT2D eigenvalue weighted by atomic mass is 79.9. The summed E-state index contributed by atoms with van der Waals surface area (Å²) in [7, 11) is 0. The highest BCUT2D eigenvalue weighted by Crippen LogP contribution is 2.21. The smallest absolute Gasteiger partial charge is 0.224 e. The Morgan fingerprint density at radius 2 is 2.11 bits per heavy atom. The molecule has 1 saturated heterocycles. The van der Waals surface area contributed by atoms with Crippen molar-refractivity contribution in [3.8, 4) is 0 Å². The first kappa shape index (κ1) is 16.5. The quantitative estimate of drug-likeness (QED) is 0.878. The maximum atomic E-state index is 12.0. The van der Waals surface area contributed by atoms with E-state index >= 15 is 0 Å². The molecule has 2 N–H and O–H groups in total. The second-order valence-electron chi connectivity index (χ2n) is 4.90. The zero-order chi connectivity index (χ0) is 13.0. The summed E-state index contributed by atoms with van der Waals surface area (Å²) in [6, 6.07) is 5.91. The number of piperidine rings is 1. The van der Waals surface area contributed by atoms with E-state index in [1.165, 1.54) is 0 Å². The summed E-state index contributed by atoms with van der Waals surface area (Å²) in [6.45, 7) is 4.08. The monoisotopic (exact) mass is 346 g/mol. The summed E-state index contributed by atoms with van der Waals surface area (Å²) >= 11 is 3.42. The van der Waals surface area contributed by atoms with Crippen LogP contribution in [0.2, 0.25) is 0 Å². The Morgan fingerprint density at radius 3 is 2.74 bits per heavy atom. The number of carbonyl (C=O) groups excluding carboxylic acids is 1. The van der Waals surface area contributed by atoms with Crippen LogP contribution >= 0.6 is 28.3 Å². The minimum Gasteiger partial charge on any atom is -0.326 e. The Kier molecular flexibility index (Phi) is 6.83. The topological polar surface area (TPSA) is 41.1 Å². The average Bonchev–Trinajstić information content (AvgIpc) is 2.34. The number of hydrogen-bond acceptors (Lipinski definition) is 2. The predicted molar refractivity (Wildman–Crippen MR) is 85.0 cm³/mol. The van der Waals surface area contributed by atoms with Crippen LogP contribution in [0.25, 0.3) is 0 Å². The van der Waals surface area contributed by atoms with E-state index in [1.807, 2.05) is 25.1 Å². The van der Waals surface area contributed by atoms with Crippen molar-refractivity contribution in [3.63, 3.8) is 0 Å². The number of anilines is 1. The summed E-state index contributed by atoms with van der Waals surface area (Å²) in [4.78, 5) is 12.0. The summed E-state index contributed by atoms with van der Waals surface area (Å²) in [5, 5.41) is 6.32. The van der Waals surface area contributed by atoms with Crippen molar-refractivity contribution in [2.45, 2.75) is 26.2 Å². The molecule has 3 nitrogen and oxygen atoms in total. The van der Waals surface area contributed by atoms with Crippen LogP contribution < -0.4 is 10.6 Å². The second-order valence-corrected chi connectivity index (χ2v) is 5.82. The van der Waals surface area contributed by atoms with Gasteiger partial charge < -0.3 is 10.6 Å². The van der Waals surface area contributed by atoms with E-state index in [0.29, 0.717) is 12.3 Å². The minimum absolute atomic E-state index is 0. The molecule has 1 aliphatic rings. The maximum Gasteiger partial charge on any atom is 0.224 e. The zero-order valence-corrected chi connectivity index (χ0v) is 13.4. The molecule has 1 amide bonds. The fourth-order valence-electron chi connectivity index (χ4n) is 2.32. The molecule has 5 heteroatoms. The Hall–Kier alpha value is -0.580. The number of benzene rings is 1. The Balaban J connectivity index is 0.00000180. The zero-order valence-electron chi connectivity index (χ0n) is 11.0. The molecule has 0 aromatic heterocycles. The van der Waals surface area contributed by atoms with Gasteiger partial charge in [0.15, 0.2) is 0 Å². The Morgan fingerprint density at radius 1 is 1.42 bits per heavy atom. The van der Waals surface area contributed by atoms with Gasteiger partial charge >= 0.3 is 0 Å². The first-order valence-corrected chi connectivity index (χ1v) is 7.21. The van der Waals surface area contributed by atoms with Gasteiger partial charge in [-0.2, -0.15) is 0 Å². The third-order valence-corrected chi connectivity index (χ3v) is 3.89. The fraction of sp³-hybridized carbons (Fsp3) is 0.500. The molecule has 1 aromatic carbocycles. The lowest BCUT2D eigenvalue weighted by Crippen LogP contribution is -2.30. The SMILES string of the molecule is Cc1cc(Br)ccc1NC(=O)CC1CCNCC1.Cl. The van der Waals surface area contributed by atoms with Crippen molar-refractivity contribution in [1.82, 2.24) is 5.32 Å². The van der Waals surface area contributed by atoms with Gasteiger partial charge in [0.1, 0.15) is 0 Å². The Bertz CT molecular complexity index is 433. The lowest BCUT2D eigenvalue weighted by atomic mass is 9.94. The largest absolute Gasteiger partial charge is 0.326 e. The maximum absolute atomic E-state index is 12.0. The third-order valence-electron chi connectivity index (χ3n) is 3.40. The van der Waals surface area contributed by atoms with E-state index in [-0.39, 0.29) is 18.3 Å². The number of rotatable bonds is 3. The van der Waals surface area contributed by atoms with Crippen molar-refractivity contribution in [2.75, 3.05) is 18.4 Å². The van der Waals surface area contributed by atoms with Crippen LogP contribution in [0.5, 0.6) is 0 Å². The van der Waals surface area contributed by atoms with E-state index in [0.717, 1.165) is 41.7 Å². The highest BCUT2D eigenvalue weighted by molar-refractivity contribution is 9.10. The molecule has 19 heavy (non-hydrogen) atoms. The lowest BCUT2D eigenvalue weighted by Gasteiger charge is -2.22. The van der Waals surface area contributed by atoms with Gasteiger partial charge in [-0.25, -0.2) is 0 Å². The molecule has 0 atom stereocenters. The molecule has 0 radical (unpaired) electrons. The number of halogens is 2. The number of carbonyl (C=O) groups is 1. The molecule has 1 aliphatic heterocycles. The fourth-order valence-corrected chi connectivity index (χ4v) is 2.79. The van der Waals surface area contributed by atoms with Crippen LogP contribution in [0, 0.1) is 12.8 Å². The molecule has 0 bridgehead atoms. The molecule has 1 heterocycles. The molecule has 106 valence electrons. The standard InChI is InChI=1S/C14H19BrN2O.ClH/c1-10-8-12(15)2-3-13(10)17-14(18)9-11-4-6-16-7-5-11;/h2-3,8,11,16H,4-7,9H2,1H3,(H,17,18);1H. The summed E-state index contributed by atoms with van der Waals surface area (Å²) in [5.74, 6) is 0.661. The molecule has 0 spiro atoms. The van der Waals surface area contributed by atoms with E-state index in [1.54, 1.807) is 0 Å². The van der Waals surface area contributed by atoms with E-state index < -0.39 is 0 Å². The number of hydrogen-bond donors (Lipinski definition) is 2. The molecule has 0 unspecified atom stereocenters. The van der Waals surface area contributed by atoms with E-state index in [4.69, 9.17) is 0 Å². The highest BCUT2D eigenvalue weighted by Gasteiger charge is 2.17. The number of aryl methyl sites for hydroxylation is 1. The van der Waals surface area contributed by atoms with Crippen LogP contribution in [0.4, 0.5) is 5.69 Å². The van der Waals surface area contributed by atoms with Crippen LogP contribution in [-0.4, -0.2) is 19.0 Å². The molecular formula is C14H20BrClN2O. The van der Waals surface area contributed by atoms with Crippen LogP contribution in [0.1, 0.15) is 24.8 Å². The van der Waals surface area contributed by atoms with Crippen LogP contribution in [0.3, 0.4) is 0 Å². The van der Waals surface area contributed by atoms with Crippen molar-refractivity contribution in [3.05, 3.63) is 28.2 Å². The van der Waals surface area contributed by atoms with Gasteiger partial charge in [-0.05, 0) is 62.5 Å². The number of nitrogens with one attached hydrogen (secondary N) is 2. The minimum atomic E-state index is 0. The molecule has 0 saturated carbocycles. The van der Waals surface area contributed by atoms with Gasteiger partial charge in [0.2, 0.25) is 5.91 Å². The van der Waals surface area contributed by atoms with Crippen molar-refractivity contribution < 1.29 is 4.79 Å². The van der Waals surface area contributed by atoms with E-state index in [9.17, 15) is 4.79 Å². The van der Waals surface area contributed by atoms with Gasteiger partial charge in [-0.3, -0.25) is 4.79 Å². The van der Waals surface area contributed by atoms with Gasteiger partial charge in [0.25, 0.3) is 0 Å². The van der Waals surface area contributed by atoms with Gasteiger partial charge in [-0.1, -0.05) is 15.9 Å². The first-order valence-electron chi connectivity index (χ1n) is 6.42. The van der Waals surface area contributed by atoms with E-state index in [2.05, 4.69) is 26.6 Å². The Labute approximate surface area is 129 Å². The molecule has 1 aromatic rings. The molecular weight excluding hydrogens is 328 g/mol. The third kappa shape index (κ3) is 5.13. The summed E-state index contributed by atoms with van der Waals surface area (Å²) < 4.78 is 1.04. The summed E-state index contributed by atoms with van der Waals surface area (Å²) in [6.07, 6.45) is 2.84. The van der Waals surface area contributed by atoms with Crippen molar-refractivity contribution in [2.24, 2.45) is 5.92 Å². The summed E-state index contributed by atoms with van der Waals surface area (Å²) in [5.41, 5.74) is 2.00. The lowest BCUT2D eigenvalue weighted by molar-refractivity contribution is -0.117. The molecule has 1 fully saturated rings. The first-order chi connectivity index (χ1) is 8.65. The normalized spacial score (nSPS) is 15.7. The average molecular weight is 348 g/mol. The van der Waals surface area contributed by atoms with Crippen molar-refractivity contribution in [1.29, 1.82) is 0 Å². The number of amides is 1. The molecule has 2 rings (SSSR count). The van der Waals surface area contributed by atoms with Gasteiger partial charge in [-0.15, -0.1) is 12.4 Å². The van der Waals surface area contributed by atoms with Crippen LogP contribution in [-0.2, 0) is 4.79 Å². The van der Waals surface area contributed by atoms with Gasteiger partial charge in [0.05, 0.1) is 0 Å². The second kappa shape index (κ2) is 7.88. The van der Waals surface area contributed by atoms with Crippen molar-refractivity contribution >= 4 is 39.9 Å². The van der Waals surface area contributed by atoms with Crippen LogP contribution in [0.15, 0.2) is 22.7 Å². The van der Waals surface area contributed by atoms with Gasteiger partial charge in [0, 0.05) is 16.6 Å². The molecule has 0 aliphatic carbocycles. The predicted octanol–water partition coefficient (Wildman–Crippen LogP) is 3.51.